The summed E-state index contributed by atoms with van der Waals surface area (Å²) in [6.07, 6.45) is 3.12. The van der Waals surface area contributed by atoms with Crippen molar-refractivity contribution in [1.82, 2.24) is 4.90 Å². The smallest absolute Gasteiger partial charge is 0.174 e. The number of likely N-dealkylation sites (N-methyl/N-ethyl adjacent to an activating group) is 1. The molecule has 2 aliphatic carbocycles. The summed E-state index contributed by atoms with van der Waals surface area (Å²) in [6.45, 7) is 1.00. The molecule has 2 bridgehead atoms. The maximum Gasteiger partial charge on any atom is 0.174 e. The number of carbonyl (C=O) groups excluding carboxylic acids is 1. The summed E-state index contributed by atoms with van der Waals surface area (Å²) in [6, 6.07) is 4.00. The van der Waals surface area contributed by atoms with E-state index in [0.29, 0.717) is 24.1 Å². The molecule has 0 amide bonds. The zero-order chi connectivity index (χ0) is 14.4. The van der Waals surface area contributed by atoms with Crippen molar-refractivity contribution in [3.05, 3.63) is 23.3 Å². The summed E-state index contributed by atoms with van der Waals surface area (Å²) in [5.74, 6) is 1.94. The molecule has 2 heterocycles. The molecule has 4 nitrogen and oxygen atoms in total. The van der Waals surface area contributed by atoms with Gasteiger partial charge in [0.2, 0.25) is 0 Å². The van der Waals surface area contributed by atoms with E-state index in [2.05, 4.69) is 11.9 Å². The van der Waals surface area contributed by atoms with Crippen molar-refractivity contribution in [3.63, 3.8) is 0 Å². The van der Waals surface area contributed by atoms with Crippen LogP contribution in [0, 0.1) is 5.92 Å². The van der Waals surface area contributed by atoms with Gasteiger partial charge >= 0.3 is 0 Å². The summed E-state index contributed by atoms with van der Waals surface area (Å²) >= 11 is 0. The number of ketones is 1. The zero-order valence-electron chi connectivity index (χ0n) is 12.1. The van der Waals surface area contributed by atoms with Gasteiger partial charge in [0.1, 0.15) is 11.5 Å². The monoisotopic (exact) mass is 285 g/mol. The second-order valence-electron chi connectivity index (χ2n) is 7.09. The van der Waals surface area contributed by atoms with Crippen LogP contribution >= 0.6 is 0 Å². The summed E-state index contributed by atoms with van der Waals surface area (Å²) in [5.41, 5.74) is 2.01. The quantitative estimate of drug-likeness (QED) is 0.787. The van der Waals surface area contributed by atoms with Crippen LogP contribution in [0.15, 0.2) is 12.1 Å². The van der Waals surface area contributed by atoms with Crippen LogP contribution in [0.5, 0.6) is 11.5 Å². The standard InChI is InChI=1S/C17H19NO3/c1-18-7-6-17-10-2-3-13(20)16(17)21-14-5-4-12(19)9(15(14)17)8-11(10)18/h4-5,10-11,16,19H,2-3,6-8H2,1H3/t10?,11?,16?,17-/m0/s1. The van der Waals surface area contributed by atoms with Crippen LogP contribution in [0.25, 0.3) is 0 Å². The van der Waals surface area contributed by atoms with E-state index in [1.165, 1.54) is 0 Å². The fourth-order valence-electron chi connectivity index (χ4n) is 5.53. The van der Waals surface area contributed by atoms with Crippen LogP contribution in [-0.4, -0.2) is 41.5 Å². The van der Waals surface area contributed by atoms with Crippen LogP contribution < -0.4 is 4.74 Å². The van der Waals surface area contributed by atoms with Crippen LogP contribution in [0.1, 0.15) is 30.4 Å². The molecule has 1 saturated carbocycles. The van der Waals surface area contributed by atoms with Crippen LogP contribution in [0.3, 0.4) is 0 Å². The average molecular weight is 285 g/mol. The van der Waals surface area contributed by atoms with Crippen molar-refractivity contribution in [2.45, 2.75) is 43.2 Å². The molecule has 4 aliphatic rings. The highest BCUT2D eigenvalue weighted by Crippen LogP contribution is 2.62. The molecule has 1 spiro atoms. The van der Waals surface area contributed by atoms with Crippen molar-refractivity contribution in [1.29, 1.82) is 0 Å². The van der Waals surface area contributed by atoms with Gasteiger partial charge in [0.15, 0.2) is 11.9 Å². The lowest BCUT2D eigenvalue weighted by molar-refractivity contribution is -0.138. The third-order valence-corrected chi connectivity index (χ3v) is 6.41. The largest absolute Gasteiger partial charge is 0.508 e. The van der Waals surface area contributed by atoms with Gasteiger partial charge in [-0.25, -0.2) is 0 Å². The fourth-order valence-corrected chi connectivity index (χ4v) is 5.53. The first-order valence-corrected chi connectivity index (χ1v) is 7.88. The fraction of sp³-hybridized carbons (Fsp3) is 0.588. The van der Waals surface area contributed by atoms with Crippen molar-refractivity contribution in [3.8, 4) is 11.5 Å². The molecule has 1 N–H and O–H groups in total. The van der Waals surface area contributed by atoms with E-state index in [9.17, 15) is 9.90 Å². The van der Waals surface area contributed by atoms with Crippen molar-refractivity contribution in [2.75, 3.05) is 13.6 Å². The Morgan fingerprint density at radius 1 is 1.43 bits per heavy atom. The number of ether oxygens (including phenoxy) is 1. The Balaban J connectivity index is 1.84. The number of rotatable bonds is 0. The van der Waals surface area contributed by atoms with E-state index in [4.69, 9.17) is 4.74 Å². The number of aromatic hydroxyl groups is 1. The van der Waals surface area contributed by atoms with Crippen LogP contribution in [0.2, 0.25) is 0 Å². The molecule has 1 saturated heterocycles. The summed E-state index contributed by atoms with van der Waals surface area (Å²) in [4.78, 5) is 14.9. The first kappa shape index (κ1) is 12.0. The molecule has 21 heavy (non-hydrogen) atoms. The molecule has 2 fully saturated rings. The Morgan fingerprint density at radius 3 is 3.14 bits per heavy atom. The number of Topliss-reactive ketones (excluding diaryl/α,β-unsaturated/α-hetero) is 1. The number of hydrogen-bond acceptors (Lipinski definition) is 4. The van der Waals surface area contributed by atoms with Crippen molar-refractivity contribution in [2.24, 2.45) is 5.92 Å². The number of likely N-dealkylation sites (tertiary alicyclic amines) is 1. The summed E-state index contributed by atoms with van der Waals surface area (Å²) in [5, 5.41) is 10.3. The highest BCUT2D eigenvalue weighted by atomic mass is 16.5. The SMILES string of the molecule is CN1CC[C@@]23c4c5ccc(O)c4CC1C2CCC(=O)C3O5. The predicted molar refractivity (Wildman–Crippen MR) is 76.7 cm³/mol. The Hall–Kier alpha value is -1.55. The minimum Gasteiger partial charge on any atom is -0.508 e. The predicted octanol–water partition coefficient (Wildman–Crippen LogP) is 1.63. The molecule has 5 rings (SSSR count). The Bertz CT molecular complexity index is 670. The molecule has 4 atom stereocenters. The van der Waals surface area contributed by atoms with E-state index in [1.807, 2.05) is 6.07 Å². The second kappa shape index (κ2) is 3.61. The first-order chi connectivity index (χ1) is 10.1. The van der Waals surface area contributed by atoms with Gasteiger partial charge in [-0.15, -0.1) is 0 Å². The number of hydrogen-bond donors (Lipinski definition) is 1. The van der Waals surface area contributed by atoms with Gasteiger partial charge in [-0.1, -0.05) is 0 Å². The molecule has 0 aromatic heterocycles. The molecule has 2 aliphatic heterocycles. The maximum atomic E-state index is 12.5. The summed E-state index contributed by atoms with van der Waals surface area (Å²) < 4.78 is 6.10. The molecular formula is C17H19NO3. The van der Waals surface area contributed by atoms with Gasteiger partial charge in [0.25, 0.3) is 0 Å². The van der Waals surface area contributed by atoms with Crippen molar-refractivity contribution < 1.29 is 14.6 Å². The average Bonchev–Trinajstić information content (AvgIpc) is 2.81. The summed E-state index contributed by atoms with van der Waals surface area (Å²) in [7, 11) is 2.17. The molecule has 4 heteroatoms. The van der Waals surface area contributed by atoms with E-state index >= 15 is 0 Å². The minimum atomic E-state index is -0.316. The minimum absolute atomic E-state index is 0.172. The highest BCUT2D eigenvalue weighted by molar-refractivity contribution is 5.89. The number of phenols is 1. The topological polar surface area (TPSA) is 49.8 Å². The Morgan fingerprint density at radius 2 is 2.29 bits per heavy atom. The maximum absolute atomic E-state index is 12.5. The number of piperidine rings is 1. The lowest BCUT2D eigenvalue weighted by Crippen LogP contribution is -2.65. The lowest BCUT2D eigenvalue weighted by atomic mass is 9.51. The normalized spacial score (nSPS) is 39.9. The second-order valence-corrected chi connectivity index (χ2v) is 7.09. The molecule has 1 aromatic carbocycles. The van der Waals surface area contributed by atoms with Gasteiger partial charge in [0.05, 0.1) is 0 Å². The number of benzene rings is 1. The molecule has 1 aromatic rings. The van der Waals surface area contributed by atoms with Gasteiger partial charge in [0, 0.05) is 29.0 Å². The van der Waals surface area contributed by atoms with Gasteiger partial charge in [-0.2, -0.15) is 0 Å². The van der Waals surface area contributed by atoms with E-state index < -0.39 is 0 Å². The third kappa shape index (κ3) is 1.20. The van der Waals surface area contributed by atoms with E-state index in [0.717, 1.165) is 42.7 Å². The first-order valence-electron chi connectivity index (χ1n) is 7.88. The number of carbonyl (C=O) groups is 1. The molecular weight excluding hydrogens is 266 g/mol. The molecule has 0 radical (unpaired) electrons. The van der Waals surface area contributed by atoms with Crippen LogP contribution in [0.4, 0.5) is 0 Å². The van der Waals surface area contributed by atoms with Gasteiger partial charge in [-0.3, -0.25) is 4.79 Å². The highest BCUT2D eigenvalue weighted by Gasteiger charge is 2.65. The third-order valence-electron chi connectivity index (χ3n) is 6.41. The van der Waals surface area contributed by atoms with Gasteiger partial charge in [-0.05, 0) is 50.9 Å². The molecule has 110 valence electrons. The van der Waals surface area contributed by atoms with E-state index in [-0.39, 0.29) is 17.3 Å². The lowest BCUT2D eigenvalue weighted by Gasteiger charge is -2.57. The number of nitrogens with zero attached hydrogens (tertiary/aromatic N) is 1. The van der Waals surface area contributed by atoms with Crippen LogP contribution in [-0.2, 0) is 16.6 Å². The molecule has 3 unspecified atom stereocenters. The Labute approximate surface area is 123 Å². The van der Waals surface area contributed by atoms with Crippen molar-refractivity contribution >= 4 is 5.78 Å². The van der Waals surface area contributed by atoms with Gasteiger partial charge < -0.3 is 14.7 Å². The number of phenolic OH excluding ortho intramolecular Hbond substituents is 1. The zero-order valence-corrected chi connectivity index (χ0v) is 12.1. The Kier molecular flexibility index (Phi) is 2.07. The van der Waals surface area contributed by atoms with E-state index in [1.54, 1.807) is 6.07 Å².